The molecular formula is C22H23FN2O2S2. The van der Waals surface area contributed by atoms with Crippen LogP contribution in [-0.4, -0.2) is 40.7 Å². The molecule has 7 heteroatoms. The van der Waals surface area contributed by atoms with Gasteiger partial charge in [-0.15, -0.1) is 11.8 Å². The molecular weight excluding hydrogens is 407 g/mol. The number of halogens is 1. The summed E-state index contributed by atoms with van der Waals surface area (Å²) in [6.07, 6.45) is 3.05. The summed E-state index contributed by atoms with van der Waals surface area (Å²) >= 11 is 3.16. The van der Waals surface area contributed by atoms with Gasteiger partial charge in [-0.3, -0.25) is 4.79 Å². The topological polar surface area (TPSA) is 42.4 Å². The van der Waals surface area contributed by atoms with E-state index < -0.39 is 0 Å². The van der Waals surface area contributed by atoms with Gasteiger partial charge in [0.2, 0.25) is 5.91 Å². The Morgan fingerprint density at radius 1 is 1.17 bits per heavy atom. The van der Waals surface area contributed by atoms with Crippen LogP contribution >= 0.6 is 23.1 Å². The molecule has 2 aromatic carbocycles. The summed E-state index contributed by atoms with van der Waals surface area (Å²) in [5, 5.41) is 0.507. The number of amides is 1. The molecule has 2 heterocycles. The molecule has 29 heavy (non-hydrogen) atoms. The number of likely N-dealkylation sites (tertiary alicyclic amines) is 1. The van der Waals surface area contributed by atoms with Gasteiger partial charge in [-0.2, -0.15) is 4.98 Å². The van der Waals surface area contributed by atoms with E-state index in [2.05, 4.69) is 17.1 Å². The van der Waals surface area contributed by atoms with Crippen molar-refractivity contribution in [3.8, 4) is 5.19 Å². The lowest BCUT2D eigenvalue weighted by Crippen LogP contribution is -2.41. The maximum absolute atomic E-state index is 13.8. The summed E-state index contributed by atoms with van der Waals surface area (Å²) in [7, 11) is 0. The van der Waals surface area contributed by atoms with Gasteiger partial charge in [0.25, 0.3) is 5.19 Å². The van der Waals surface area contributed by atoms with Crippen molar-refractivity contribution in [2.24, 2.45) is 0 Å². The Bertz CT molecular complexity index is 956. The van der Waals surface area contributed by atoms with Gasteiger partial charge >= 0.3 is 0 Å². The second kappa shape index (κ2) is 9.59. The molecule has 1 saturated heterocycles. The van der Waals surface area contributed by atoms with Crippen LogP contribution in [0, 0.1) is 5.82 Å². The highest BCUT2D eigenvalue weighted by molar-refractivity contribution is 7.99. The number of fused-ring (bicyclic) bond motifs is 1. The molecule has 0 spiro atoms. The lowest BCUT2D eigenvalue weighted by Gasteiger charge is -2.31. The van der Waals surface area contributed by atoms with E-state index in [9.17, 15) is 9.18 Å². The molecule has 1 amide bonds. The van der Waals surface area contributed by atoms with E-state index in [1.165, 1.54) is 22.3 Å². The first-order valence-corrected chi connectivity index (χ1v) is 11.7. The number of ether oxygens (including phenoxy) is 1. The first-order valence-electron chi connectivity index (χ1n) is 9.86. The van der Waals surface area contributed by atoms with Crippen molar-refractivity contribution in [1.29, 1.82) is 0 Å². The number of para-hydroxylation sites is 1. The molecule has 0 atom stereocenters. The van der Waals surface area contributed by atoms with Crippen LogP contribution in [0.1, 0.15) is 25.7 Å². The van der Waals surface area contributed by atoms with Crippen molar-refractivity contribution in [2.75, 3.05) is 18.8 Å². The molecule has 0 unspecified atom stereocenters. The fraction of sp³-hybridized carbons (Fsp3) is 0.364. The third-order valence-corrected chi connectivity index (χ3v) is 6.97. The third kappa shape index (κ3) is 5.28. The lowest BCUT2D eigenvalue weighted by atomic mass is 10.1. The molecule has 0 aliphatic carbocycles. The van der Waals surface area contributed by atoms with Crippen LogP contribution in [0.5, 0.6) is 5.19 Å². The standard InChI is InChI=1S/C22H23FN2O2S2/c23-18-8-4-9-19-21(18)24-22(29-19)27-16-11-13-25(14-12-16)20(26)10-5-15-28-17-6-2-1-3-7-17/h1-4,6-9,16H,5,10-15H2. The summed E-state index contributed by atoms with van der Waals surface area (Å²) < 4.78 is 20.5. The maximum Gasteiger partial charge on any atom is 0.274 e. The second-order valence-electron chi connectivity index (χ2n) is 7.03. The Morgan fingerprint density at radius 3 is 2.72 bits per heavy atom. The molecule has 1 aromatic heterocycles. The van der Waals surface area contributed by atoms with Crippen molar-refractivity contribution in [3.05, 3.63) is 54.3 Å². The highest BCUT2D eigenvalue weighted by Crippen LogP contribution is 2.31. The third-order valence-electron chi connectivity index (χ3n) is 4.96. The van der Waals surface area contributed by atoms with Gasteiger partial charge in [0.15, 0.2) is 0 Å². The van der Waals surface area contributed by atoms with Gasteiger partial charge in [0, 0.05) is 37.2 Å². The van der Waals surface area contributed by atoms with Crippen molar-refractivity contribution >= 4 is 39.2 Å². The van der Waals surface area contributed by atoms with Gasteiger partial charge < -0.3 is 9.64 Å². The summed E-state index contributed by atoms with van der Waals surface area (Å²) in [4.78, 5) is 19.9. The first-order chi connectivity index (χ1) is 14.2. The Hall–Kier alpha value is -2.12. The lowest BCUT2D eigenvalue weighted by molar-refractivity contribution is -0.133. The molecule has 1 aliphatic rings. The largest absolute Gasteiger partial charge is 0.467 e. The second-order valence-corrected chi connectivity index (χ2v) is 9.19. The van der Waals surface area contributed by atoms with E-state index in [1.807, 2.05) is 29.2 Å². The number of hydrogen-bond acceptors (Lipinski definition) is 5. The average Bonchev–Trinajstić information content (AvgIpc) is 3.16. The summed E-state index contributed by atoms with van der Waals surface area (Å²) in [6.45, 7) is 1.41. The van der Waals surface area contributed by atoms with Crippen LogP contribution in [0.2, 0.25) is 0 Å². The maximum atomic E-state index is 13.8. The molecule has 0 N–H and O–H groups in total. The molecule has 152 valence electrons. The molecule has 0 radical (unpaired) electrons. The van der Waals surface area contributed by atoms with Crippen LogP contribution in [0.25, 0.3) is 10.2 Å². The minimum Gasteiger partial charge on any atom is -0.467 e. The van der Waals surface area contributed by atoms with Gasteiger partial charge in [0.05, 0.1) is 4.70 Å². The minimum atomic E-state index is -0.320. The van der Waals surface area contributed by atoms with Crippen LogP contribution in [-0.2, 0) is 4.79 Å². The summed E-state index contributed by atoms with van der Waals surface area (Å²) in [5.74, 6) is 0.849. The van der Waals surface area contributed by atoms with E-state index in [4.69, 9.17) is 4.74 Å². The van der Waals surface area contributed by atoms with Crippen molar-refractivity contribution in [2.45, 2.75) is 36.7 Å². The summed E-state index contributed by atoms with van der Waals surface area (Å²) in [5.41, 5.74) is 0.369. The van der Waals surface area contributed by atoms with Crippen molar-refractivity contribution < 1.29 is 13.9 Å². The Labute approximate surface area is 178 Å². The summed E-state index contributed by atoms with van der Waals surface area (Å²) in [6, 6.07) is 15.2. The number of rotatable bonds is 7. The van der Waals surface area contributed by atoms with E-state index in [1.54, 1.807) is 17.8 Å². The first kappa shape index (κ1) is 20.2. The van der Waals surface area contributed by atoms with Gasteiger partial charge in [-0.1, -0.05) is 35.6 Å². The molecule has 0 bridgehead atoms. The molecule has 0 saturated carbocycles. The number of carbonyl (C=O) groups excluding carboxylic acids is 1. The Morgan fingerprint density at radius 2 is 1.97 bits per heavy atom. The van der Waals surface area contributed by atoms with E-state index in [0.717, 1.165) is 29.7 Å². The van der Waals surface area contributed by atoms with Crippen LogP contribution in [0.4, 0.5) is 4.39 Å². The smallest absolute Gasteiger partial charge is 0.274 e. The zero-order valence-corrected chi connectivity index (χ0v) is 17.7. The molecule has 4 rings (SSSR count). The number of thiazole rings is 1. The quantitative estimate of drug-likeness (QED) is 0.373. The average molecular weight is 431 g/mol. The SMILES string of the molecule is O=C(CCCSc1ccccc1)N1CCC(Oc2nc3c(F)cccc3s2)CC1. The fourth-order valence-corrected chi connectivity index (χ4v) is 5.17. The normalized spacial score (nSPS) is 15.0. The molecule has 4 nitrogen and oxygen atoms in total. The van der Waals surface area contributed by atoms with Crippen LogP contribution in [0.3, 0.4) is 0 Å². The zero-order valence-electron chi connectivity index (χ0n) is 16.1. The molecule has 1 aliphatic heterocycles. The molecule has 3 aromatic rings. The number of piperidine rings is 1. The van der Waals surface area contributed by atoms with Gasteiger partial charge in [0.1, 0.15) is 17.4 Å². The van der Waals surface area contributed by atoms with Crippen LogP contribution < -0.4 is 4.74 Å². The number of aromatic nitrogens is 1. The predicted octanol–water partition coefficient (Wildman–Crippen LogP) is 5.38. The Balaban J connectivity index is 1.19. The number of thioether (sulfide) groups is 1. The monoisotopic (exact) mass is 430 g/mol. The molecule has 1 fully saturated rings. The highest BCUT2D eigenvalue weighted by Gasteiger charge is 2.24. The number of carbonyl (C=O) groups is 1. The highest BCUT2D eigenvalue weighted by atomic mass is 32.2. The van der Waals surface area contributed by atoms with E-state index >= 15 is 0 Å². The minimum absolute atomic E-state index is 0.0244. The van der Waals surface area contributed by atoms with Crippen molar-refractivity contribution in [3.63, 3.8) is 0 Å². The Kier molecular flexibility index (Phi) is 6.67. The predicted molar refractivity (Wildman–Crippen MR) is 116 cm³/mol. The number of nitrogens with zero attached hydrogens (tertiary/aromatic N) is 2. The van der Waals surface area contributed by atoms with Gasteiger partial charge in [-0.05, 0) is 36.4 Å². The number of benzene rings is 2. The van der Waals surface area contributed by atoms with E-state index in [0.29, 0.717) is 30.2 Å². The zero-order chi connectivity index (χ0) is 20.1. The van der Waals surface area contributed by atoms with Crippen LogP contribution in [0.15, 0.2) is 53.4 Å². The van der Waals surface area contributed by atoms with Crippen molar-refractivity contribution in [1.82, 2.24) is 9.88 Å². The van der Waals surface area contributed by atoms with E-state index in [-0.39, 0.29) is 17.8 Å². The fourth-order valence-electron chi connectivity index (χ4n) is 3.40. The van der Waals surface area contributed by atoms with Gasteiger partial charge in [-0.25, -0.2) is 4.39 Å². The number of hydrogen-bond donors (Lipinski definition) is 0.